The molecule has 0 radical (unpaired) electrons. The summed E-state index contributed by atoms with van der Waals surface area (Å²) in [5.74, 6) is 0.924. The van der Waals surface area contributed by atoms with Crippen LogP contribution in [0.25, 0.3) is 0 Å². The van der Waals surface area contributed by atoms with Gasteiger partial charge in [0.2, 0.25) is 0 Å². The standard InChI is InChI=1S/C14H21ClO2/c1-10-9-13(17-3)12(11(2)14(10)15)7-5-4-6-8-16/h9,16H,4-8H2,1-3H3. The molecule has 2 nitrogen and oxygen atoms in total. The molecule has 1 aromatic carbocycles. The second-order valence-electron chi connectivity index (χ2n) is 4.35. The highest BCUT2D eigenvalue weighted by Gasteiger charge is 2.12. The van der Waals surface area contributed by atoms with E-state index in [1.54, 1.807) is 7.11 Å². The average molecular weight is 257 g/mol. The van der Waals surface area contributed by atoms with Gasteiger partial charge in [0.05, 0.1) is 7.11 Å². The molecule has 0 bridgehead atoms. The van der Waals surface area contributed by atoms with Crippen LogP contribution in [-0.2, 0) is 6.42 Å². The van der Waals surface area contributed by atoms with Gasteiger partial charge in [-0.1, -0.05) is 18.0 Å². The van der Waals surface area contributed by atoms with Crippen molar-refractivity contribution in [1.29, 1.82) is 0 Å². The molecular weight excluding hydrogens is 236 g/mol. The first-order valence-electron chi connectivity index (χ1n) is 6.05. The Morgan fingerprint density at radius 1 is 1.24 bits per heavy atom. The summed E-state index contributed by atoms with van der Waals surface area (Å²) in [6, 6.07) is 2.00. The Morgan fingerprint density at radius 2 is 1.94 bits per heavy atom. The fourth-order valence-corrected chi connectivity index (χ4v) is 2.21. The molecule has 0 unspecified atom stereocenters. The van der Waals surface area contributed by atoms with Crippen LogP contribution in [0.4, 0.5) is 0 Å². The van der Waals surface area contributed by atoms with E-state index in [1.165, 1.54) is 5.56 Å². The summed E-state index contributed by atoms with van der Waals surface area (Å²) in [6.45, 7) is 4.30. The minimum atomic E-state index is 0.269. The first-order valence-corrected chi connectivity index (χ1v) is 6.43. The maximum atomic E-state index is 8.75. The van der Waals surface area contributed by atoms with Gasteiger partial charge in [-0.15, -0.1) is 0 Å². The number of methoxy groups -OCH3 is 1. The lowest BCUT2D eigenvalue weighted by Crippen LogP contribution is -1.99. The third-order valence-electron chi connectivity index (χ3n) is 3.08. The molecule has 0 aliphatic rings. The van der Waals surface area contributed by atoms with E-state index < -0.39 is 0 Å². The van der Waals surface area contributed by atoms with E-state index in [1.807, 2.05) is 19.9 Å². The van der Waals surface area contributed by atoms with Crippen LogP contribution in [0, 0.1) is 13.8 Å². The maximum Gasteiger partial charge on any atom is 0.122 e. The molecule has 0 aromatic heterocycles. The Labute approximate surface area is 109 Å². The molecule has 0 saturated heterocycles. The number of benzene rings is 1. The molecule has 0 aliphatic heterocycles. The van der Waals surface area contributed by atoms with Gasteiger partial charge >= 0.3 is 0 Å². The van der Waals surface area contributed by atoms with Gasteiger partial charge in [-0.2, -0.15) is 0 Å². The van der Waals surface area contributed by atoms with E-state index in [0.29, 0.717) is 0 Å². The minimum Gasteiger partial charge on any atom is -0.496 e. The van der Waals surface area contributed by atoms with Gasteiger partial charge in [-0.3, -0.25) is 0 Å². The lowest BCUT2D eigenvalue weighted by atomic mass is 9.98. The van der Waals surface area contributed by atoms with E-state index in [9.17, 15) is 0 Å². The van der Waals surface area contributed by atoms with E-state index in [4.69, 9.17) is 21.4 Å². The normalized spacial score (nSPS) is 10.6. The third kappa shape index (κ3) is 3.62. The number of aryl methyl sites for hydroxylation is 1. The third-order valence-corrected chi connectivity index (χ3v) is 3.66. The van der Waals surface area contributed by atoms with Crippen molar-refractivity contribution in [2.75, 3.05) is 13.7 Å². The largest absolute Gasteiger partial charge is 0.496 e. The molecule has 0 atom stereocenters. The first-order chi connectivity index (χ1) is 8.11. The molecule has 0 fully saturated rings. The molecular formula is C14H21ClO2. The van der Waals surface area contributed by atoms with E-state index in [-0.39, 0.29) is 6.61 Å². The van der Waals surface area contributed by atoms with Gasteiger partial charge in [0.15, 0.2) is 0 Å². The van der Waals surface area contributed by atoms with Gasteiger partial charge in [-0.25, -0.2) is 0 Å². The van der Waals surface area contributed by atoms with Crippen LogP contribution in [0.3, 0.4) is 0 Å². The zero-order chi connectivity index (χ0) is 12.8. The Morgan fingerprint density at radius 3 is 2.53 bits per heavy atom. The van der Waals surface area contributed by atoms with Crippen molar-refractivity contribution in [3.05, 3.63) is 27.8 Å². The molecule has 96 valence electrons. The van der Waals surface area contributed by atoms with Crippen LogP contribution in [0.1, 0.15) is 36.0 Å². The second-order valence-corrected chi connectivity index (χ2v) is 4.73. The molecule has 17 heavy (non-hydrogen) atoms. The number of aliphatic hydroxyl groups is 1. The number of ether oxygens (including phenoxy) is 1. The van der Waals surface area contributed by atoms with Gasteiger partial charge in [0.1, 0.15) is 5.75 Å². The fraction of sp³-hybridized carbons (Fsp3) is 0.571. The summed E-state index contributed by atoms with van der Waals surface area (Å²) < 4.78 is 5.41. The first kappa shape index (κ1) is 14.3. The molecule has 0 saturated carbocycles. The van der Waals surface area contributed by atoms with Crippen molar-refractivity contribution in [3.63, 3.8) is 0 Å². The molecule has 1 N–H and O–H groups in total. The van der Waals surface area contributed by atoms with Gasteiger partial charge in [-0.05, 0) is 55.9 Å². The van der Waals surface area contributed by atoms with Gasteiger partial charge in [0, 0.05) is 11.6 Å². The van der Waals surface area contributed by atoms with Crippen molar-refractivity contribution in [3.8, 4) is 5.75 Å². The maximum absolute atomic E-state index is 8.75. The summed E-state index contributed by atoms with van der Waals surface area (Å²) in [5.41, 5.74) is 3.37. The predicted octanol–water partition coefficient (Wildman–Crippen LogP) is 3.67. The van der Waals surface area contributed by atoms with Crippen LogP contribution in [0.5, 0.6) is 5.75 Å². The molecule has 0 spiro atoms. The molecule has 1 aromatic rings. The highest BCUT2D eigenvalue weighted by atomic mass is 35.5. The monoisotopic (exact) mass is 256 g/mol. The molecule has 3 heteroatoms. The fourth-order valence-electron chi connectivity index (χ4n) is 2.04. The van der Waals surface area contributed by atoms with Crippen molar-refractivity contribution < 1.29 is 9.84 Å². The molecule has 1 rings (SSSR count). The lowest BCUT2D eigenvalue weighted by molar-refractivity contribution is 0.283. The van der Waals surface area contributed by atoms with Gasteiger partial charge < -0.3 is 9.84 Å². The van der Waals surface area contributed by atoms with Gasteiger partial charge in [0.25, 0.3) is 0 Å². The van der Waals surface area contributed by atoms with Crippen LogP contribution < -0.4 is 4.74 Å². The lowest BCUT2D eigenvalue weighted by Gasteiger charge is -2.15. The quantitative estimate of drug-likeness (QED) is 0.787. The number of unbranched alkanes of at least 4 members (excludes halogenated alkanes) is 2. The highest BCUT2D eigenvalue weighted by Crippen LogP contribution is 2.32. The Balaban J connectivity index is 2.85. The summed E-state index contributed by atoms with van der Waals surface area (Å²) >= 11 is 6.26. The SMILES string of the molecule is COc1cc(C)c(Cl)c(C)c1CCCCCO. The Hall–Kier alpha value is -0.730. The Kier molecular flexibility index (Phi) is 5.79. The second kappa shape index (κ2) is 6.87. The van der Waals surface area contributed by atoms with E-state index in [0.717, 1.165) is 47.6 Å². The number of halogens is 1. The van der Waals surface area contributed by atoms with Crippen LogP contribution in [-0.4, -0.2) is 18.8 Å². The van der Waals surface area contributed by atoms with Crippen molar-refractivity contribution in [1.82, 2.24) is 0 Å². The zero-order valence-electron chi connectivity index (χ0n) is 10.8. The van der Waals surface area contributed by atoms with E-state index >= 15 is 0 Å². The number of aliphatic hydroxyl groups excluding tert-OH is 1. The summed E-state index contributed by atoms with van der Waals surface area (Å²) in [6.07, 6.45) is 3.90. The number of hydrogen-bond acceptors (Lipinski definition) is 2. The van der Waals surface area contributed by atoms with Crippen LogP contribution in [0.2, 0.25) is 5.02 Å². The van der Waals surface area contributed by atoms with Crippen LogP contribution >= 0.6 is 11.6 Å². The molecule has 0 amide bonds. The number of rotatable bonds is 6. The van der Waals surface area contributed by atoms with E-state index in [2.05, 4.69) is 0 Å². The van der Waals surface area contributed by atoms with Crippen molar-refractivity contribution >= 4 is 11.6 Å². The topological polar surface area (TPSA) is 29.5 Å². The predicted molar refractivity (Wildman–Crippen MR) is 72.1 cm³/mol. The van der Waals surface area contributed by atoms with Crippen LogP contribution in [0.15, 0.2) is 6.07 Å². The molecule has 0 aliphatic carbocycles. The summed E-state index contributed by atoms with van der Waals surface area (Å²) in [5, 5.41) is 9.59. The Bertz CT molecular complexity index is 375. The summed E-state index contributed by atoms with van der Waals surface area (Å²) in [7, 11) is 1.69. The highest BCUT2D eigenvalue weighted by molar-refractivity contribution is 6.32. The summed E-state index contributed by atoms with van der Waals surface area (Å²) in [4.78, 5) is 0. The zero-order valence-corrected chi connectivity index (χ0v) is 11.6. The smallest absolute Gasteiger partial charge is 0.122 e. The average Bonchev–Trinajstić information content (AvgIpc) is 2.33. The van der Waals surface area contributed by atoms with Crippen molar-refractivity contribution in [2.45, 2.75) is 39.5 Å². The van der Waals surface area contributed by atoms with Crippen molar-refractivity contribution in [2.24, 2.45) is 0 Å². The molecule has 0 heterocycles. The minimum absolute atomic E-state index is 0.269. The number of hydrogen-bond donors (Lipinski definition) is 1.